The van der Waals surface area contributed by atoms with Gasteiger partial charge in [0.15, 0.2) is 0 Å². The van der Waals surface area contributed by atoms with Crippen LogP contribution >= 0.6 is 0 Å². The van der Waals surface area contributed by atoms with Crippen molar-refractivity contribution in [2.75, 3.05) is 19.8 Å². The van der Waals surface area contributed by atoms with Gasteiger partial charge in [0.1, 0.15) is 24.1 Å². The molecule has 2 saturated heterocycles. The lowest BCUT2D eigenvalue weighted by molar-refractivity contribution is -0.191. The van der Waals surface area contributed by atoms with Gasteiger partial charge in [0.2, 0.25) is 0 Å². The number of hydrogen-bond donors (Lipinski definition) is 3. The second-order valence-electron chi connectivity index (χ2n) is 9.79. The summed E-state index contributed by atoms with van der Waals surface area (Å²) in [6.45, 7) is 3.54. The Hall–Kier alpha value is -1.96. The third-order valence-electron chi connectivity index (χ3n) is 7.25. The Bertz CT molecular complexity index is 930. The molecule has 2 heterocycles. The van der Waals surface area contributed by atoms with Gasteiger partial charge < -0.3 is 29.5 Å². The fraction of sp³-hybridized carbons (Fsp3) is 0.538. The molecule has 0 aromatic heterocycles. The van der Waals surface area contributed by atoms with Crippen LogP contribution in [0.25, 0.3) is 0 Å². The summed E-state index contributed by atoms with van der Waals surface area (Å²) in [5.74, 6) is 0.914. The van der Waals surface area contributed by atoms with Gasteiger partial charge >= 0.3 is 0 Å². The van der Waals surface area contributed by atoms with Crippen molar-refractivity contribution in [3.05, 3.63) is 64.7 Å². The molecule has 6 heteroatoms. The Balaban J connectivity index is 1.23. The molecule has 0 bridgehead atoms. The number of aliphatic hydroxyl groups is 3. The van der Waals surface area contributed by atoms with Gasteiger partial charge in [-0.1, -0.05) is 30.3 Å². The molecule has 3 fully saturated rings. The molecule has 3 aliphatic rings. The molecule has 1 aliphatic carbocycles. The molecular weight excluding hydrogens is 408 g/mol. The van der Waals surface area contributed by atoms with Crippen molar-refractivity contribution in [3.8, 4) is 5.75 Å². The number of aliphatic hydroxyl groups excluding tert-OH is 3. The van der Waals surface area contributed by atoms with E-state index in [-0.39, 0.29) is 12.7 Å². The number of rotatable bonds is 6. The van der Waals surface area contributed by atoms with Crippen LogP contribution in [0.2, 0.25) is 0 Å². The lowest BCUT2D eigenvalue weighted by atomic mass is 9.65. The molecule has 6 nitrogen and oxygen atoms in total. The Kier molecular flexibility index (Phi) is 5.99. The Morgan fingerprint density at radius 3 is 2.47 bits per heavy atom. The smallest absolute Gasteiger partial charge is 0.119 e. The van der Waals surface area contributed by atoms with E-state index < -0.39 is 18.3 Å². The lowest BCUT2D eigenvalue weighted by Crippen LogP contribution is -2.56. The second kappa shape index (κ2) is 8.76. The predicted molar refractivity (Wildman–Crippen MR) is 119 cm³/mol. The van der Waals surface area contributed by atoms with Gasteiger partial charge in [-0.15, -0.1) is 0 Å². The average molecular weight is 441 g/mol. The molecule has 32 heavy (non-hydrogen) atoms. The van der Waals surface area contributed by atoms with Crippen molar-refractivity contribution in [1.29, 1.82) is 0 Å². The van der Waals surface area contributed by atoms with Crippen LogP contribution in [-0.4, -0.2) is 59.6 Å². The van der Waals surface area contributed by atoms with E-state index in [0.29, 0.717) is 17.9 Å². The highest BCUT2D eigenvalue weighted by Crippen LogP contribution is 2.48. The summed E-state index contributed by atoms with van der Waals surface area (Å²) in [6.07, 6.45) is 0.470. The summed E-state index contributed by atoms with van der Waals surface area (Å²) in [5, 5.41) is 29.6. The van der Waals surface area contributed by atoms with Gasteiger partial charge in [-0.05, 0) is 60.6 Å². The molecule has 172 valence electrons. The average Bonchev–Trinajstić information content (AvgIpc) is 2.73. The fourth-order valence-electron chi connectivity index (χ4n) is 5.12. The number of aryl methyl sites for hydroxylation is 1. The van der Waals surface area contributed by atoms with Crippen molar-refractivity contribution in [2.24, 2.45) is 5.41 Å². The highest BCUT2D eigenvalue weighted by atomic mass is 16.5. The maximum atomic E-state index is 10.2. The molecule has 0 radical (unpaired) electrons. The lowest BCUT2D eigenvalue weighted by Gasteiger charge is -2.52. The van der Waals surface area contributed by atoms with E-state index in [2.05, 4.69) is 31.2 Å². The van der Waals surface area contributed by atoms with Crippen molar-refractivity contribution < 1.29 is 29.5 Å². The van der Waals surface area contributed by atoms with Crippen LogP contribution in [0.4, 0.5) is 0 Å². The number of benzene rings is 2. The van der Waals surface area contributed by atoms with Crippen molar-refractivity contribution in [1.82, 2.24) is 0 Å². The van der Waals surface area contributed by atoms with Crippen molar-refractivity contribution in [2.45, 2.75) is 63.1 Å². The van der Waals surface area contributed by atoms with Gasteiger partial charge in [0.05, 0.1) is 32.0 Å². The van der Waals surface area contributed by atoms with E-state index in [1.807, 2.05) is 18.2 Å². The highest BCUT2D eigenvalue weighted by Gasteiger charge is 2.51. The molecule has 2 aromatic rings. The Morgan fingerprint density at radius 2 is 1.81 bits per heavy atom. The van der Waals surface area contributed by atoms with E-state index in [1.54, 1.807) is 0 Å². The summed E-state index contributed by atoms with van der Waals surface area (Å²) in [7, 11) is 0. The van der Waals surface area contributed by atoms with Crippen LogP contribution in [0.15, 0.2) is 42.5 Å². The molecular formula is C26H32O6. The van der Waals surface area contributed by atoms with Gasteiger partial charge in [-0.3, -0.25) is 0 Å². The van der Waals surface area contributed by atoms with E-state index in [0.717, 1.165) is 43.8 Å². The van der Waals surface area contributed by atoms with E-state index in [9.17, 15) is 15.3 Å². The second-order valence-corrected chi connectivity index (χ2v) is 9.79. The molecule has 2 aliphatic heterocycles. The number of ether oxygens (including phenoxy) is 3. The molecule has 2 unspecified atom stereocenters. The van der Waals surface area contributed by atoms with E-state index in [4.69, 9.17) is 14.2 Å². The first-order chi connectivity index (χ1) is 15.4. The summed E-state index contributed by atoms with van der Waals surface area (Å²) in [4.78, 5) is 0. The molecule has 0 amide bonds. The first-order valence-electron chi connectivity index (χ1n) is 11.5. The van der Waals surface area contributed by atoms with E-state index >= 15 is 0 Å². The van der Waals surface area contributed by atoms with Gasteiger partial charge in [-0.2, -0.15) is 0 Å². The van der Waals surface area contributed by atoms with Crippen LogP contribution in [-0.2, 0) is 15.9 Å². The van der Waals surface area contributed by atoms with Crippen LogP contribution in [0.5, 0.6) is 5.75 Å². The highest BCUT2D eigenvalue weighted by molar-refractivity contribution is 5.38. The summed E-state index contributed by atoms with van der Waals surface area (Å²) < 4.78 is 17.3. The Labute approximate surface area is 188 Å². The largest absolute Gasteiger partial charge is 0.490 e. The SMILES string of the molecule is Cc1ccc([C@@H]2CC(O)[C@H](O)C(CO)O2)cc1Cc1ccc(OC2CC3(COC3)C2)cc1. The van der Waals surface area contributed by atoms with Crippen molar-refractivity contribution in [3.63, 3.8) is 0 Å². The topological polar surface area (TPSA) is 88.4 Å². The quantitative estimate of drug-likeness (QED) is 0.640. The van der Waals surface area contributed by atoms with Gasteiger partial charge in [0.25, 0.3) is 0 Å². The fourth-order valence-corrected chi connectivity index (χ4v) is 5.12. The molecule has 2 aromatic carbocycles. The van der Waals surface area contributed by atoms with Crippen LogP contribution in [0.1, 0.15) is 47.6 Å². The third-order valence-corrected chi connectivity index (χ3v) is 7.25. The summed E-state index contributed by atoms with van der Waals surface area (Å²) in [6, 6.07) is 14.5. The van der Waals surface area contributed by atoms with Gasteiger partial charge in [0, 0.05) is 11.8 Å². The first-order valence-corrected chi connectivity index (χ1v) is 11.5. The van der Waals surface area contributed by atoms with Crippen LogP contribution < -0.4 is 4.74 Å². The minimum Gasteiger partial charge on any atom is -0.490 e. The van der Waals surface area contributed by atoms with Gasteiger partial charge in [-0.25, -0.2) is 0 Å². The van der Waals surface area contributed by atoms with Crippen LogP contribution in [0.3, 0.4) is 0 Å². The molecule has 1 spiro atoms. The maximum Gasteiger partial charge on any atom is 0.119 e. The molecule has 1 saturated carbocycles. The standard InChI is InChI=1S/C26H32O6/c1-16-2-5-18(23-10-22(28)25(29)24(13-27)32-23)9-19(16)8-17-3-6-20(7-4-17)31-21-11-26(12-21)14-30-15-26/h2-7,9,21-25,27-29H,8,10-15H2,1H3/t22?,23-,24?,25-/m0/s1. The van der Waals surface area contributed by atoms with Crippen molar-refractivity contribution >= 4 is 0 Å². The zero-order valence-electron chi connectivity index (χ0n) is 18.4. The maximum absolute atomic E-state index is 10.2. The minimum atomic E-state index is -1.06. The molecule has 4 atom stereocenters. The molecule has 5 rings (SSSR count). The van der Waals surface area contributed by atoms with E-state index in [1.165, 1.54) is 16.7 Å². The minimum absolute atomic E-state index is 0.302. The van der Waals surface area contributed by atoms with Crippen LogP contribution in [0, 0.1) is 12.3 Å². The first kappa shape index (κ1) is 21.9. The molecule has 3 N–H and O–H groups in total. The predicted octanol–water partition coefficient (Wildman–Crippen LogP) is 2.69. The monoisotopic (exact) mass is 440 g/mol. The zero-order valence-corrected chi connectivity index (χ0v) is 18.4. The zero-order chi connectivity index (χ0) is 22.3. The normalized spacial score (nSPS) is 29.4. The summed E-state index contributed by atoms with van der Waals surface area (Å²) in [5.41, 5.74) is 4.93. The number of hydrogen-bond acceptors (Lipinski definition) is 6. The third kappa shape index (κ3) is 4.30. The Morgan fingerprint density at radius 1 is 1.06 bits per heavy atom. The summed E-state index contributed by atoms with van der Waals surface area (Å²) >= 11 is 0.